The van der Waals surface area contributed by atoms with Gasteiger partial charge in [0.1, 0.15) is 17.5 Å². The maximum Gasteiger partial charge on any atom is 0.407 e. The predicted molar refractivity (Wildman–Crippen MR) is 179 cm³/mol. The molecule has 2 atom stereocenters. The number of aliphatic hydroxyl groups excluding tert-OH is 1. The number of ether oxygens (including phenoxy) is 2. The molecule has 2 amide bonds. The number of aliphatic hydroxyl groups is 1. The lowest BCUT2D eigenvalue weighted by Crippen LogP contribution is -2.57. The highest BCUT2D eigenvalue weighted by atomic mass is 19.3. The quantitative estimate of drug-likeness (QED) is 0.271. The highest BCUT2D eigenvalue weighted by Gasteiger charge is 2.32. The van der Waals surface area contributed by atoms with Gasteiger partial charge in [-0.05, 0) is 58.4 Å². The molecule has 49 heavy (non-hydrogen) atoms. The minimum Gasteiger partial charge on any atom is -0.444 e. The normalized spacial score (nSPS) is 15.8. The van der Waals surface area contributed by atoms with Crippen molar-refractivity contribution in [3.05, 3.63) is 70.3 Å². The Morgan fingerprint density at radius 2 is 1.80 bits per heavy atom. The van der Waals surface area contributed by atoms with E-state index in [-0.39, 0.29) is 30.4 Å². The molecule has 15 heteroatoms. The SMILES string of the molecule is Cc1ccc(OC(F)F)c(Cn2c3cc(-c4cnc(N5CCN(C(=O)C(O)CNC(=O)OC(C)(C)C)[C@H](C)C5)nc4)ccc3c(=O)n2C)c1. The third kappa shape index (κ3) is 8.16. The number of rotatable bonds is 9. The molecule has 0 aliphatic carbocycles. The number of piperazine rings is 1. The van der Waals surface area contributed by atoms with E-state index in [4.69, 9.17) is 9.47 Å². The van der Waals surface area contributed by atoms with Crippen molar-refractivity contribution in [1.29, 1.82) is 0 Å². The van der Waals surface area contributed by atoms with E-state index < -0.39 is 30.3 Å². The number of aryl methyl sites for hydroxylation is 1. The molecule has 3 heterocycles. The van der Waals surface area contributed by atoms with Crippen molar-refractivity contribution in [2.75, 3.05) is 31.1 Å². The van der Waals surface area contributed by atoms with Gasteiger partial charge in [-0.1, -0.05) is 23.8 Å². The van der Waals surface area contributed by atoms with Gasteiger partial charge in [0.15, 0.2) is 0 Å². The van der Waals surface area contributed by atoms with Gasteiger partial charge in [-0.3, -0.25) is 19.0 Å². The number of halogens is 2. The van der Waals surface area contributed by atoms with Crippen molar-refractivity contribution >= 4 is 28.9 Å². The molecule has 1 aliphatic rings. The summed E-state index contributed by atoms with van der Waals surface area (Å²) in [6.45, 7) is 6.93. The summed E-state index contributed by atoms with van der Waals surface area (Å²) in [5, 5.41) is 13.3. The molecule has 2 N–H and O–H groups in total. The Morgan fingerprint density at radius 1 is 1.08 bits per heavy atom. The van der Waals surface area contributed by atoms with Gasteiger partial charge >= 0.3 is 12.7 Å². The van der Waals surface area contributed by atoms with Crippen LogP contribution in [0, 0.1) is 6.92 Å². The first-order valence-corrected chi connectivity index (χ1v) is 15.9. The average Bonchev–Trinajstić information content (AvgIpc) is 3.27. The van der Waals surface area contributed by atoms with Crippen LogP contribution in [0.1, 0.15) is 38.8 Å². The molecule has 2 aromatic carbocycles. The lowest BCUT2D eigenvalue weighted by molar-refractivity contribution is -0.142. The van der Waals surface area contributed by atoms with Gasteiger partial charge < -0.3 is 29.7 Å². The van der Waals surface area contributed by atoms with Crippen molar-refractivity contribution in [3.8, 4) is 16.9 Å². The molecule has 2 aromatic heterocycles. The first kappa shape index (κ1) is 35.3. The first-order valence-electron chi connectivity index (χ1n) is 15.9. The number of alkyl halides is 2. The average molecular weight is 682 g/mol. The zero-order valence-corrected chi connectivity index (χ0v) is 28.3. The van der Waals surface area contributed by atoms with Crippen LogP contribution in [0.15, 0.2) is 53.6 Å². The fourth-order valence-electron chi connectivity index (χ4n) is 5.82. The number of carbonyl (C=O) groups excluding carboxylic acids is 2. The van der Waals surface area contributed by atoms with E-state index in [1.165, 1.54) is 10.7 Å². The Morgan fingerprint density at radius 3 is 2.45 bits per heavy atom. The van der Waals surface area contributed by atoms with Gasteiger partial charge in [0.2, 0.25) is 5.95 Å². The van der Waals surface area contributed by atoms with Crippen LogP contribution < -0.4 is 20.5 Å². The summed E-state index contributed by atoms with van der Waals surface area (Å²) in [5.74, 6) is 0.0221. The number of hydrogen-bond donors (Lipinski definition) is 2. The second kappa shape index (κ2) is 14.2. The first-order chi connectivity index (χ1) is 23.1. The summed E-state index contributed by atoms with van der Waals surface area (Å²) >= 11 is 0. The third-order valence-electron chi connectivity index (χ3n) is 8.20. The van der Waals surface area contributed by atoms with Crippen LogP contribution in [-0.2, 0) is 23.1 Å². The summed E-state index contributed by atoms with van der Waals surface area (Å²) < 4.78 is 39.3. The van der Waals surface area contributed by atoms with Crippen molar-refractivity contribution in [3.63, 3.8) is 0 Å². The van der Waals surface area contributed by atoms with Gasteiger partial charge in [-0.2, -0.15) is 8.78 Å². The lowest BCUT2D eigenvalue weighted by atomic mass is 10.1. The number of anilines is 1. The molecule has 1 saturated heterocycles. The molecule has 0 bridgehead atoms. The lowest BCUT2D eigenvalue weighted by Gasteiger charge is -2.40. The van der Waals surface area contributed by atoms with Crippen LogP contribution >= 0.6 is 0 Å². The molecule has 0 saturated carbocycles. The number of nitrogens with one attached hydrogen (secondary N) is 1. The van der Waals surface area contributed by atoms with E-state index in [0.29, 0.717) is 47.6 Å². The van der Waals surface area contributed by atoms with E-state index in [1.807, 2.05) is 24.8 Å². The van der Waals surface area contributed by atoms with Gasteiger partial charge in [-0.25, -0.2) is 14.8 Å². The second-order valence-electron chi connectivity index (χ2n) is 13.1. The van der Waals surface area contributed by atoms with Crippen LogP contribution in [-0.4, -0.2) is 91.9 Å². The standard InChI is InChI=1S/C34H41F2N7O6/c1-20-7-10-28(48-31(35)36)23(13-20)19-43-26-14-22(8-9-25(26)29(45)40(43)6)24-15-37-32(38-16-24)41-11-12-42(21(2)18-41)30(46)27(44)17-39-33(47)49-34(3,4)5/h7-10,13-16,21,27,31,44H,11-12,17-19H2,1-6H3,(H,39,47)/t21-,27?/m1/s1. The van der Waals surface area contributed by atoms with E-state index in [1.54, 1.807) is 74.1 Å². The van der Waals surface area contributed by atoms with Crippen molar-refractivity contribution < 1.29 is 33.0 Å². The minimum absolute atomic E-state index is 0.0425. The molecule has 1 fully saturated rings. The monoisotopic (exact) mass is 681 g/mol. The molecule has 5 rings (SSSR count). The highest BCUT2D eigenvalue weighted by Crippen LogP contribution is 2.27. The maximum atomic E-state index is 13.1. The smallest absolute Gasteiger partial charge is 0.407 e. The van der Waals surface area contributed by atoms with Crippen LogP contribution in [0.3, 0.4) is 0 Å². The number of carbonyl (C=O) groups is 2. The van der Waals surface area contributed by atoms with Crippen molar-refractivity contribution in [1.82, 2.24) is 29.5 Å². The molecule has 0 radical (unpaired) electrons. The number of benzene rings is 2. The van der Waals surface area contributed by atoms with E-state index in [9.17, 15) is 28.3 Å². The Balaban J connectivity index is 1.28. The molecule has 262 valence electrons. The Hall–Kier alpha value is -5.05. The summed E-state index contributed by atoms with van der Waals surface area (Å²) in [7, 11) is 1.62. The number of alkyl carbamates (subject to hydrolysis) is 1. The fourth-order valence-corrected chi connectivity index (χ4v) is 5.82. The van der Waals surface area contributed by atoms with Gasteiger partial charge in [0, 0.05) is 56.2 Å². The van der Waals surface area contributed by atoms with Crippen LogP contribution in [0.4, 0.5) is 19.5 Å². The zero-order valence-electron chi connectivity index (χ0n) is 28.3. The molecule has 13 nitrogen and oxygen atoms in total. The molecule has 4 aromatic rings. The zero-order chi connectivity index (χ0) is 35.6. The number of hydrogen-bond acceptors (Lipinski definition) is 9. The van der Waals surface area contributed by atoms with Gasteiger partial charge in [0.25, 0.3) is 11.5 Å². The van der Waals surface area contributed by atoms with E-state index >= 15 is 0 Å². The number of amides is 2. The minimum atomic E-state index is -2.98. The topological polar surface area (TPSA) is 144 Å². The van der Waals surface area contributed by atoms with E-state index in [2.05, 4.69) is 15.3 Å². The van der Waals surface area contributed by atoms with E-state index in [0.717, 1.165) is 11.1 Å². The summed E-state index contributed by atoms with van der Waals surface area (Å²) in [6.07, 6.45) is 1.23. The van der Waals surface area contributed by atoms with Crippen LogP contribution in [0.5, 0.6) is 5.75 Å². The molecule has 1 aliphatic heterocycles. The van der Waals surface area contributed by atoms with Crippen molar-refractivity contribution in [2.24, 2.45) is 7.05 Å². The maximum absolute atomic E-state index is 13.1. The number of fused-ring (bicyclic) bond motifs is 1. The largest absolute Gasteiger partial charge is 0.444 e. The fraction of sp³-hybridized carbons (Fsp3) is 0.441. The Bertz CT molecular complexity index is 1890. The van der Waals surface area contributed by atoms with Gasteiger partial charge in [0.05, 0.1) is 24.0 Å². The molecular formula is C34H41F2N7O6. The number of nitrogens with zero attached hydrogens (tertiary/aromatic N) is 6. The van der Waals surface area contributed by atoms with Crippen LogP contribution in [0.2, 0.25) is 0 Å². The summed E-state index contributed by atoms with van der Waals surface area (Å²) in [5.41, 5.74) is 2.51. The molecular weight excluding hydrogens is 640 g/mol. The summed E-state index contributed by atoms with van der Waals surface area (Å²) in [6, 6.07) is 10.0. The van der Waals surface area contributed by atoms with Crippen LogP contribution in [0.25, 0.3) is 22.0 Å². The molecule has 1 unspecified atom stereocenters. The third-order valence-corrected chi connectivity index (χ3v) is 8.20. The number of aromatic nitrogens is 4. The highest BCUT2D eigenvalue weighted by molar-refractivity contribution is 5.84. The summed E-state index contributed by atoms with van der Waals surface area (Å²) in [4.78, 5) is 50.6. The Labute approximate surface area is 282 Å². The van der Waals surface area contributed by atoms with Gasteiger partial charge in [-0.15, -0.1) is 0 Å². The van der Waals surface area contributed by atoms with Crippen molar-refractivity contribution in [2.45, 2.75) is 65.5 Å². The Kier molecular flexibility index (Phi) is 10.2. The molecule has 0 spiro atoms. The second-order valence-corrected chi connectivity index (χ2v) is 13.1. The predicted octanol–water partition coefficient (Wildman–Crippen LogP) is 3.68.